The summed E-state index contributed by atoms with van der Waals surface area (Å²) in [6.45, 7) is 3.40. The van der Waals surface area contributed by atoms with Crippen molar-refractivity contribution >= 4 is 15.9 Å². The van der Waals surface area contributed by atoms with Gasteiger partial charge in [-0.15, -0.1) is 0 Å². The van der Waals surface area contributed by atoms with Crippen LogP contribution in [0.5, 0.6) is 0 Å². The fraction of sp³-hybridized carbons (Fsp3) is 0.294. The van der Waals surface area contributed by atoms with Gasteiger partial charge in [-0.2, -0.15) is 0 Å². The zero-order valence-electron chi connectivity index (χ0n) is 11.3. The van der Waals surface area contributed by atoms with Crippen molar-refractivity contribution in [2.45, 2.75) is 12.0 Å². The second-order valence-electron chi connectivity index (χ2n) is 5.37. The van der Waals surface area contributed by atoms with Gasteiger partial charge in [-0.3, -0.25) is 0 Å². The number of rotatable bonds is 5. The van der Waals surface area contributed by atoms with Crippen LogP contribution >= 0.6 is 15.9 Å². The molecule has 1 fully saturated rings. The Kier molecular flexibility index (Phi) is 4.20. The van der Waals surface area contributed by atoms with Crippen molar-refractivity contribution in [1.29, 1.82) is 0 Å². The molecule has 0 amide bonds. The van der Waals surface area contributed by atoms with Gasteiger partial charge < -0.3 is 10.1 Å². The first-order chi connectivity index (χ1) is 9.78. The molecule has 1 aliphatic rings. The van der Waals surface area contributed by atoms with E-state index in [1.807, 2.05) is 18.2 Å². The van der Waals surface area contributed by atoms with Crippen molar-refractivity contribution in [2.24, 2.45) is 0 Å². The summed E-state index contributed by atoms with van der Waals surface area (Å²) >= 11 is 3.55. The average Bonchev–Trinajstić information content (AvgIpc) is 2.43. The Morgan fingerprint density at radius 1 is 1.05 bits per heavy atom. The molecule has 0 aromatic heterocycles. The highest BCUT2D eigenvalue weighted by atomic mass is 79.9. The molecule has 0 saturated carbocycles. The number of halogens is 1. The van der Waals surface area contributed by atoms with Crippen molar-refractivity contribution in [3.63, 3.8) is 0 Å². The second kappa shape index (κ2) is 6.08. The number of hydrogen-bond donors (Lipinski definition) is 1. The average molecular weight is 332 g/mol. The van der Waals surface area contributed by atoms with Crippen molar-refractivity contribution < 1.29 is 4.74 Å². The van der Waals surface area contributed by atoms with Gasteiger partial charge in [0.1, 0.15) is 0 Å². The van der Waals surface area contributed by atoms with Gasteiger partial charge in [0, 0.05) is 23.0 Å². The van der Waals surface area contributed by atoms with Gasteiger partial charge in [0.05, 0.1) is 13.2 Å². The van der Waals surface area contributed by atoms with E-state index < -0.39 is 0 Å². The van der Waals surface area contributed by atoms with Crippen LogP contribution in [0.1, 0.15) is 11.1 Å². The fourth-order valence-electron chi connectivity index (χ4n) is 2.57. The van der Waals surface area contributed by atoms with Gasteiger partial charge in [0.2, 0.25) is 0 Å². The van der Waals surface area contributed by atoms with E-state index in [2.05, 4.69) is 57.6 Å². The van der Waals surface area contributed by atoms with E-state index in [0.29, 0.717) is 6.61 Å². The summed E-state index contributed by atoms with van der Waals surface area (Å²) < 4.78 is 7.09. The lowest BCUT2D eigenvalue weighted by atomic mass is 9.76. The maximum Gasteiger partial charge on any atom is 0.0717 e. The van der Waals surface area contributed by atoms with Gasteiger partial charge in [0.25, 0.3) is 0 Å². The van der Waals surface area contributed by atoms with Crippen molar-refractivity contribution in [1.82, 2.24) is 5.32 Å². The molecule has 0 aliphatic carbocycles. The monoisotopic (exact) mass is 331 g/mol. The third-order valence-electron chi connectivity index (χ3n) is 3.85. The number of ether oxygens (including phenoxy) is 1. The van der Waals surface area contributed by atoms with Crippen molar-refractivity contribution in [3.05, 3.63) is 70.2 Å². The summed E-state index contributed by atoms with van der Waals surface area (Å²) in [6.07, 6.45) is 0. The van der Waals surface area contributed by atoms with Gasteiger partial charge >= 0.3 is 0 Å². The maximum atomic E-state index is 5.97. The first kappa shape index (κ1) is 13.8. The van der Waals surface area contributed by atoms with Crippen LogP contribution < -0.4 is 5.32 Å². The Balaban J connectivity index is 1.65. The predicted molar refractivity (Wildman–Crippen MR) is 84.8 cm³/mol. The normalized spacial score (nSPS) is 16.6. The van der Waals surface area contributed by atoms with Crippen LogP contribution in [-0.4, -0.2) is 19.7 Å². The molecule has 3 rings (SSSR count). The molecule has 20 heavy (non-hydrogen) atoms. The van der Waals surface area contributed by atoms with Gasteiger partial charge in [-0.1, -0.05) is 58.4 Å². The molecule has 0 radical (unpaired) electrons. The van der Waals surface area contributed by atoms with E-state index in [0.717, 1.165) is 24.2 Å². The summed E-state index contributed by atoms with van der Waals surface area (Å²) in [4.78, 5) is 0. The number of benzene rings is 2. The zero-order valence-corrected chi connectivity index (χ0v) is 12.9. The molecule has 2 aromatic rings. The van der Waals surface area contributed by atoms with Crippen LogP contribution in [0.25, 0.3) is 0 Å². The largest absolute Gasteiger partial charge is 0.376 e. The quantitative estimate of drug-likeness (QED) is 0.905. The minimum atomic E-state index is 0.124. The maximum absolute atomic E-state index is 5.97. The van der Waals surface area contributed by atoms with E-state index in [9.17, 15) is 0 Å². The number of nitrogens with one attached hydrogen (secondary N) is 1. The minimum absolute atomic E-state index is 0.124. The van der Waals surface area contributed by atoms with Crippen molar-refractivity contribution in [2.75, 3.05) is 19.7 Å². The molecule has 2 aromatic carbocycles. The first-order valence-electron chi connectivity index (χ1n) is 6.87. The molecule has 1 N–H and O–H groups in total. The second-order valence-corrected chi connectivity index (χ2v) is 6.29. The smallest absolute Gasteiger partial charge is 0.0717 e. The van der Waals surface area contributed by atoms with Crippen LogP contribution in [0.2, 0.25) is 0 Å². The highest BCUT2D eigenvalue weighted by Gasteiger charge is 2.39. The summed E-state index contributed by atoms with van der Waals surface area (Å²) in [5.41, 5.74) is 2.70. The van der Waals surface area contributed by atoms with Crippen LogP contribution in [0.15, 0.2) is 59.1 Å². The highest BCUT2D eigenvalue weighted by molar-refractivity contribution is 9.10. The predicted octanol–water partition coefficient (Wildman–Crippen LogP) is 3.51. The van der Waals surface area contributed by atoms with E-state index in [1.54, 1.807) is 0 Å². The van der Waals surface area contributed by atoms with E-state index in [1.165, 1.54) is 11.1 Å². The Morgan fingerprint density at radius 2 is 1.85 bits per heavy atom. The SMILES string of the molecule is Brc1cccc(C2(COCc3ccccc3)CNC2)c1. The Bertz CT molecular complexity index is 566. The van der Waals surface area contributed by atoms with Crippen LogP contribution in [0.4, 0.5) is 0 Å². The molecular weight excluding hydrogens is 314 g/mol. The zero-order chi connectivity index (χ0) is 13.8. The molecule has 0 atom stereocenters. The van der Waals surface area contributed by atoms with E-state index in [-0.39, 0.29) is 5.41 Å². The molecule has 1 heterocycles. The molecule has 3 heteroatoms. The van der Waals surface area contributed by atoms with Gasteiger partial charge in [-0.05, 0) is 23.3 Å². The van der Waals surface area contributed by atoms with Crippen LogP contribution in [0.3, 0.4) is 0 Å². The summed E-state index contributed by atoms with van der Waals surface area (Å²) in [7, 11) is 0. The lowest BCUT2D eigenvalue weighted by molar-refractivity contribution is 0.0472. The molecule has 1 aliphatic heterocycles. The lowest BCUT2D eigenvalue weighted by Crippen LogP contribution is -2.59. The van der Waals surface area contributed by atoms with Crippen LogP contribution in [-0.2, 0) is 16.8 Å². The molecule has 104 valence electrons. The van der Waals surface area contributed by atoms with E-state index >= 15 is 0 Å². The minimum Gasteiger partial charge on any atom is -0.376 e. The summed E-state index contributed by atoms with van der Waals surface area (Å²) in [5.74, 6) is 0. The van der Waals surface area contributed by atoms with Gasteiger partial charge in [0.15, 0.2) is 0 Å². The third-order valence-corrected chi connectivity index (χ3v) is 4.35. The molecule has 0 bridgehead atoms. The molecule has 2 nitrogen and oxygen atoms in total. The topological polar surface area (TPSA) is 21.3 Å². The standard InChI is InChI=1S/C17H18BrNO/c18-16-8-4-7-15(9-16)17(11-19-12-17)13-20-10-14-5-2-1-3-6-14/h1-9,19H,10-13H2. The summed E-state index contributed by atoms with van der Waals surface area (Å²) in [5, 5.41) is 3.37. The Hall–Kier alpha value is -1.16. The fourth-order valence-corrected chi connectivity index (χ4v) is 2.97. The first-order valence-corrected chi connectivity index (χ1v) is 7.66. The molecule has 1 saturated heterocycles. The van der Waals surface area contributed by atoms with Crippen molar-refractivity contribution in [3.8, 4) is 0 Å². The molecule has 0 spiro atoms. The third kappa shape index (κ3) is 2.95. The van der Waals surface area contributed by atoms with E-state index in [4.69, 9.17) is 4.74 Å². The lowest BCUT2D eigenvalue weighted by Gasteiger charge is -2.43. The molecular formula is C17H18BrNO. The van der Waals surface area contributed by atoms with Gasteiger partial charge in [-0.25, -0.2) is 0 Å². The van der Waals surface area contributed by atoms with Crippen LogP contribution in [0, 0.1) is 0 Å². The number of hydrogen-bond acceptors (Lipinski definition) is 2. The molecule has 0 unspecified atom stereocenters. The summed E-state index contributed by atoms with van der Waals surface area (Å²) in [6, 6.07) is 18.9. The highest BCUT2D eigenvalue weighted by Crippen LogP contribution is 2.31. The Labute approximate surface area is 128 Å². The Morgan fingerprint density at radius 3 is 2.50 bits per heavy atom.